The second-order valence-corrected chi connectivity index (χ2v) is 20.9. The van der Waals surface area contributed by atoms with E-state index >= 15 is 0 Å². The molecule has 6 nitrogen and oxygen atoms in total. The summed E-state index contributed by atoms with van der Waals surface area (Å²) >= 11 is 0. The highest BCUT2D eigenvalue weighted by Gasteiger charge is 2.19. The lowest BCUT2D eigenvalue weighted by Crippen LogP contribution is -2.30. The molecule has 0 radical (unpaired) electrons. The minimum absolute atomic E-state index is 0.0773. The second-order valence-electron chi connectivity index (χ2n) is 20.9. The van der Waals surface area contributed by atoms with E-state index < -0.39 is 6.10 Å². The lowest BCUT2D eigenvalue weighted by molar-refractivity contribution is -0.167. The molecule has 0 aromatic carbocycles. The third kappa shape index (κ3) is 58.0. The Morgan fingerprint density at radius 1 is 0.292 bits per heavy atom. The first-order chi connectivity index (χ1) is 35.5. The Labute approximate surface area is 447 Å². The van der Waals surface area contributed by atoms with Crippen LogP contribution in [0.25, 0.3) is 0 Å². The van der Waals surface area contributed by atoms with Crippen LogP contribution in [0.15, 0.2) is 60.8 Å². The maximum atomic E-state index is 12.9. The summed E-state index contributed by atoms with van der Waals surface area (Å²) in [4.78, 5) is 38.3. The van der Waals surface area contributed by atoms with Gasteiger partial charge in [-0.3, -0.25) is 14.4 Å². The highest BCUT2D eigenvalue weighted by Crippen LogP contribution is 2.17. The minimum Gasteiger partial charge on any atom is -0.462 e. The molecular weight excluding hydrogens is 889 g/mol. The van der Waals surface area contributed by atoms with Crippen molar-refractivity contribution in [3.63, 3.8) is 0 Å². The van der Waals surface area contributed by atoms with Gasteiger partial charge >= 0.3 is 17.9 Å². The second kappa shape index (κ2) is 60.7. The summed E-state index contributed by atoms with van der Waals surface area (Å²) in [7, 11) is 0. The first-order valence-corrected chi connectivity index (χ1v) is 31.3. The van der Waals surface area contributed by atoms with Crippen molar-refractivity contribution in [3.8, 4) is 0 Å². The van der Waals surface area contributed by atoms with Crippen LogP contribution in [0.3, 0.4) is 0 Å². The van der Waals surface area contributed by atoms with Gasteiger partial charge in [-0.15, -0.1) is 0 Å². The number of ether oxygens (including phenoxy) is 3. The molecule has 0 saturated heterocycles. The summed E-state index contributed by atoms with van der Waals surface area (Å²) < 4.78 is 16.9. The Bertz CT molecular complexity index is 1290. The van der Waals surface area contributed by atoms with Crippen molar-refractivity contribution in [2.75, 3.05) is 13.2 Å². The number of esters is 3. The molecule has 0 aliphatic heterocycles. The van der Waals surface area contributed by atoms with Crippen LogP contribution in [0.2, 0.25) is 0 Å². The van der Waals surface area contributed by atoms with Crippen molar-refractivity contribution in [1.29, 1.82) is 0 Å². The predicted molar refractivity (Wildman–Crippen MR) is 312 cm³/mol. The SMILES string of the molecule is CC/C=C\C/C=C\C/C=C\C/C=C\CCCCCCCCC(=O)OCC(COC(=O)CCCCCCCCCCCCCCCCCCC)OC(=O)CCCCCCCCC/C=C\CCCCCCCCC. The van der Waals surface area contributed by atoms with Crippen LogP contribution in [-0.2, 0) is 28.6 Å². The molecule has 1 unspecified atom stereocenters. The van der Waals surface area contributed by atoms with Gasteiger partial charge < -0.3 is 14.2 Å². The van der Waals surface area contributed by atoms with Crippen molar-refractivity contribution in [3.05, 3.63) is 60.8 Å². The van der Waals surface area contributed by atoms with Crippen molar-refractivity contribution in [2.24, 2.45) is 0 Å². The highest BCUT2D eigenvalue weighted by molar-refractivity contribution is 5.71. The normalized spacial score (nSPS) is 12.4. The summed E-state index contributed by atoms with van der Waals surface area (Å²) in [6.07, 6.45) is 76.4. The Balaban J connectivity index is 4.38. The standard InChI is InChI=1S/C66H118O6/c1-4-7-10-13-16-19-22-25-28-31-33-36-38-41-44-47-50-53-56-59-65(68)71-62-63(61-70-64(67)58-55-52-49-46-43-40-37-34-30-27-24-21-18-15-12-9-6-3)72-66(69)60-57-54-51-48-45-42-39-35-32-29-26-23-20-17-14-11-8-5-2/h7,10,16,19,25,28-29,32-33,36,63H,4-6,8-9,11-15,17-18,20-24,26-27,30-31,34-35,37-62H2,1-3H3/b10-7-,19-16-,28-25-,32-29-,36-33-. The number of hydrogen-bond donors (Lipinski definition) is 0. The summed E-state index contributed by atoms with van der Waals surface area (Å²) in [6.45, 7) is 6.56. The summed E-state index contributed by atoms with van der Waals surface area (Å²) in [6, 6.07) is 0. The van der Waals surface area contributed by atoms with Gasteiger partial charge in [-0.05, 0) is 83.5 Å². The quantitative estimate of drug-likeness (QED) is 0.0261. The van der Waals surface area contributed by atoms with E-state index in [2.05, 4.69) is 81.5 Å². The van der Waals surface area contributed by atoms with E-state index in [9.17, 15) is 14.4 Å². The number of carbonyl (C=O) groups is 3. The molecule has 0 aliphatic carbocycles. The number of rotatable bonds is 57. The number of carbonyl (C=O) groups excluding carboxylic acids is 3. The molecule has 0 rings (SSSR count). The Morgan fingerprint density at radius 2 is 0.542 bits per heavy atom. The predicted octanol–water partition coefficient (Wildman–Crippen LogP) is 21.2. The zero-order valence-electron chi connectivity index (χ0n) is 47.9. The third-order valence-corrected chi connectivity index (χ3v) is 13.8. The van der Waals surface area contributed by atoms with Crippen LogP contribution >= 0.6 is 0 Å². The molecule has 0 aromatic heterocycles. The smallest absolute Gasteiger partial charge is 0.306 e. The monoisotopic (exact) mass is 1010 g/mol. The summed E-state index contributed by atoms with van der Waals surface area (Å²) in [5.74, 6) is -0.878. The largest absolute Gasteiger partial charge is 0.462 e. The van der Waals surface area contributed by atoms with E-state index in [-0.39, 0.29) is 31.1 Å². The number of unbranched alkanes of at least 4 members (excludes halogenated alkanes) is 36. The number of allylic oxidation sites excluding steroid dienone is 10. The van der Waals surface area contributed by atoms with E-state index in [1.165, 1.54) is 193 Å². The average molecular weight is 1010 g/mol. The summed E-state index contributed by atoms with van der Waals surface area (Å²) in [5.41, 5.74) is 0. The fourth-order valence-electron chi connectivity index (χ4n) is 9.08. The molecule has 0 aromatic rings. The molecule has 0 amide bonds. The van der Waals surface area contributed by atoms with Gasteiger partial charge in [0, 0.05) is 19.3 Å². The van der Waals surface area contributed by atoms with Gasteiger partial charge in [0.05, 0.1) is 0 Å². The van der Waals surface area contributed by atoms with Gasteiger partial charge in [-0.2, -0.15) is 0 Å². The maximum Gasteiger partial charge on any atom is 0.306 e. The van der Waals surface area contributed by atoms with Crippen LogP contribution < -0.4 is 0 Å². The Morgan fingerprint density at radius 3 is 0.861 bits per heavy atom. The molecule has 0 heterocycles. The highest BCUT2D eigenvalue weighted by atomic mass is 16.6. The van der Waals surface area contributed by atoms with Crippen LogP contribution in [-0.4, -0.2) is 37.2 Å². The van der Waals surface area contributed by atoms with E-state index in [4.69, 9.17) is 14.2 Å². The lowest BCUT2D eigenvalue weighted by Gasteiger charge is -2.18. The van der Waals surface area contributed by atoms with E-state index in [0.29, 0.717) is 19.3 Å². The first kappa shape index (κ1) is 69.1. The molecule has 1 atom stereocenters. The first-order valence-electron chi connectivity index (χ1n) is 31.3. The van der Waals surface area contributed by atoms with Gasteiger partial charge in [0.25, 0.3) is 0 Å². The minimum atomic E-state index is -0.782. The molecule has 0 fully saturated rings. The van der Waals surface area contributed by atoms with Gasteiger partial charge in [-0.1, -0.05) is 281 Å². The zero-order valence-corrected chi connectivity index (χ0v) is 47.9. The molecule has 6 heteroatoms. The third-order valence-electron chi connectivity index (χ3n) is 13.8. The fraction of sp³-hybridized carbons (Fsp3) is 0.803. The number of hydrogen-bond acceptors (Lipinski definition) is 6. The molecule has 418 valence electrons. The Hall–Kier alpha value is -2.89. The molecule has 0 bridgehead atoms. The fourth-order valence-corrected chi connectivity index (χ4v) is 9.08. The Kier molecular flexibility index (Phi) is 58.2. The van der Waals surface area contributed by atoms with Gasteiger partial charge in [0.1, 0.15) is 13.2 Å². The van der Waals surface area contributed by atoms with E-state index in [1.54, 1.807) is 0 Å². The van der Waals surface area contributed by atoms with Crippen LogP contribution in [0, 0.1) is 0 Å². The molecule has 0 N–H and O–H groups in total. The van der Waals surface area contributed by atoms with Crippen molar-refractivity contribution < 1.29 is 28.6 Å². The van der Waals surface area contributed by atoms with E-state index in [1.807, 2.05) is 0 Å². The van der Waals surface area contributed by atoms with E-state index in [0.717, 1.165) is 89.9 Å². The molecule has 0 aliphatic rings. The molecular formula is C66H118O6. The molecule has 0 spiro atoms. The van der Waals surface area contributed by atoms with Gasteiger partial charge in [-0.25, -0.2) is 0 Å². The van der Waals surface area contributed by atoms with Crippen molar-refractivity contribution >= 4 is 17.9 Å². The summed E-state index contributed by atoms with van der Waals surface area (Å²) in [5, 5.41) is 0. The molecule has 0 saturated carbocycles. The topological polar surface area (TPSA) is 78.9 Å². The van der Waals surface area contributed by atoms with Crippen molar-refractivity contribution in [1.82, 2.24) is 0 Å². The van der Waals surface area contributed by atoms with Crippen LogP contribution in [0.5, 0.6) is 0 Å². The average Bonchev–Trinajstić information content (AvgIpc) is 3.38. The van der Waals surface area contributed by atoms with Crippen molar-refractivity contribution in [2.45, 2.75) is 329 Å². The molecule has 72 heavy (non-hydrogen) atoms. The zero-order chi connectivity index (χ0) is 52.2. The lowest BCUT2D eigenvalue weighted by atomic mass is 10.0. The van der Waals surface area contributed by atoms with Crippen LogP contribution in [0.1, 0.15) is 323 Å². The van der Waals surface area contributed by atoms with Crippen LogP contribution in [0.4, 0.5) is 0 Å². The van der Waals surface area contributed by atoms with Gasteiger partial charge in [0.2, 0.25) is 0 Å². The van der Waals surface area contributed by atoms with Gasteiger partial charge in [0.15, 0.2) is 6.10 Å². The maximum absolute atomic E-state index is 12.9.